The average molecular weight is 388 g/mol. The van der Waals surface area contributed by atoms with Crippen molar-refractivity contribution in [3.8, 4) is 6.07 Å². The summed E-state index contributed by atoms with van der Waals surface area (Å²) in [5.74, 6) is -1.50. The van der Waals surface area contributed by atoms with Gasteiger partial charge in [0, 0.05) is 11.8 Å². The van der Waals surface area contributed by atoms with Gasteiger partial charge in [0.2, 0.25) is 0 Å². The van der Waals surface area contributed by atoms with Gasteiger partial charge >= 0.3 is 12.1 Å². The van der Waals surface area contributed by atoms with Crippen molar-refractivity contribution >= 4 is 23.6 Å². The Kier molecular flexibility index (Phi) is 6.55. The van der Waals surface area contributed by atoms with Gasteiger partial charge in [-0.2, -0.15) is 18.4 Å². The van der Waals surface area contributed by atoms with E-state index in [-0.39, 0.29) is 5.56 Å². The summed E-state index contributed by atoms with van der Waals surface area (Å²) in [6.07, 6.45) is -3.53. The van der Waals surface area contributed by atoms with Gasteiger partial charge < -0.3 is 10.1 Å². The lowest BCUT2D eigenvalue weighted by Crippen LogP contribution is -2.29. The van der Waals surface area contributed by atoms with Crippen LogP contribution in [0.3, 0.4) is 0 Å². The van der Waals surface area contributed by atoms with Crippen LogP contribution in [0, 0.1) is 11.3 Å². The van der Waals surface area contributed by atoms with E-state index in [4.69, 9.17) is 10.00 Å². The number of alkyl halides is 3. The van der Waals surface area contributed by atoms with Gasteiger partial charge in [-0.25, -0.2) is 4.79 Å². The largest absolute Gasteiger partial charge is 0.449 e. The van der Waals surface area contributed by atoms with Crippen LogP contribution in [0.5, 0.6) is 0 Å². The van der Waals surface area contributed by atoms with Crippen molar-refractivity contribution in [1.82, 2.24) is 0 Å². The van der Waals surface area contributed by atoms with Crippen LogP contribution in [0.15, 0.2) is 54.6 Å². The molecule has 144 valence electrons. The van der Waals surface area contributed by atoms with Crippen LogP contribution < -0.4 is 5.32 Å². The molecule has 5 nitrogen and oxygen atoms in total. The molecule has 0 aliphatic heterocycles. The first-order valence-electron chi connectivity index (χ1n) is 8.06. The van der Waals surface area contributed by atoms with Crippen LogP contribution in [0.2, 0.25) is 0 Å². The van der Waals surface area contributed by atoms with E-state index in [0.717, 1.165) is 18.2 Å². The maximum atomic E-state index is 12.7. The third-order valence-electron chi connectivity index (χ3n) is 3.55. The number of anilines is 1. The number of carbonyl (C=O) groups is 2. The summed E-state index contributed by atoms with van der Waals surface area (Å²) in [6, 6.07) is 12.5. The van der Waals surface area contributed by atoms with Crippen LogP contribution in [0.4, 0.5) is 18.9 Å². The highest BCUT2D eigenvalue weighted by Crippen LogP contribution is 2.29. The maximum Gasteiger partial charge on any atom is 0.416 e. The third kappa shape index (κ3) is 5.99. The number of nitrogens with one attached hydrogen (secondary N) is 1. The van der Waals surface area contributed by atoms with Crippen molar-refractivity contribution in [2.75, 3.05) is 5.32 Å². The fourth-order valence-electron chi connectivity index (χ4n) is 2.16. The predicted molar refractivity (Wildman–Crippen MR) is 95.8 cm³/mol. The van der Waals surface area contributed by atoms with E-state index < -0.39 is 29.7 Å². The second-order valence-corrected chi connectivity index (χ2v) is 5.72. The summed E-state index contributed by atoms with van der Waals surface area (Å²) < 4.78 is 43.0. The number of nitriles is 1. The van der Waals surface area contributed by atoms with Crippen molar-refractivity contribution in [3.05, 3.63) is 71.3 Å². The van der Waals surface area contributed by atoms with Gasteiger partial charge in [-0.3, -0.25) is 4.79 Å². The molecule has 0 aliphatic carbocycles. The minimum atomic E-state index is -4.49. The summed E-state index contributed by atoms with van der Waals surface area (Å²) >= 11 is 0. The van der Waals surface area contributed by atoms with Gasteiger partial charge in [0.25, 0.3) is 5.91 Å². The van der Waals surface area contributed by atoms with Crippen LogP contribution >= 0.6 is 0 Å². The Labute approximate surface area is 159 Å². The van der Waals surface area contributed by atoms with Crippen molar-refractivity contribution in [3.63, 3.8) is 0 Å². The summed E-state index contributed by atoms with van der Waals surface area (Å²) in [4.78, 5) is 23.9. The second kappa shape index (κ2) is 8.86. The quantitative estimate of drug-likeness (QED) is 0.616. The number of hydrogen-bond acceptors (Lipinski definition) is 4. The monoisotopic (exact) mass is 388 g/mol. The van der Waals surface area contributed by atoms with Gasteiger partial charge in [-0.05, 0) is 48.9 Å². The highest BCUT2D eigenvalue weighted by atomic mass is 19.4. The standard InChI is InChI=1S/C20H15F3N2O3/c1-13(19(27)25-17-7-3-5-15(11-17)12-24)28-18(26)9-8-14-4-2-6-16(10-14)20(21,22)23/h2-11,13H,1H3,(H,25,27)/b9-8+/t13-/m0/s1. The number of halogens is 3. The van der Waals surface area contributed by atoms with Crippen LogP contribution in [0.1, 0.15) is 23.6 Å². The first kappa shape index (κ1) is 20.7. The SMILES string of the molecule is C[C@H](OC(=O)/C=C/c1cccc(C(F)(F)F)c1)C(=O)Nc1cccc(C#N)c1. The number of hydrogen-bond donors (Lipinski definition) is 1. The summed E-state index contributed by atoms with van der Waals surface area (Å²) in [7, 11) is 0. The zero-order valence-corrected chi connectivity index (χ0v) is 14.7. The first-order chi connectivity index (χ1) is 13.2. The summed E-state index contributed by atoms with van der Waals surface area (Å²) in [5, 5.41) is 11.3. The minimum Gasteiger partial charge on any atom is -0.449 e. The van der Waals surface area contributed by atoms with E-state index >= 15 is 0 Å². The molecule has 2 rings (SSSR count). The van der Waals surface area contributed by atoms with Crippen molar-refractivity contribution < 1.29 is 27.5 Å². The molecule has 0 spiro atoms. The van der Waals surface area contributed by atoms with Crippen LogP contribution in [-0.4, -0.2) is 18.0 Å². The normalized spacial score (nSPS) is 12.2. The Balaban J connectivity index is 1.95. The van der Waals surface area contributed by atoms with Crippen LogP contribution in [0.25, 0.3) is 6.08 Å². The fraction of sp³-hybridized carbons (Fsp3) is 0.150. The topological polar surface area (TPSA) is 79.2 Å². The van der Waals surface area contributed by atoms with Crippen LogP contribution in [-0.2, 0) is 20.5 Å². The smallest absolute Gasteiger partial charge is 0.416 e. The molecule has 2 aromatic carbocycles. The molecule has 28 heavy (non-hydrogen) atoms. The Morgan fingerprint density at radius 1 is 1.18 bits per heavy atom. The number of amides is 1. The molecule has 1 amide bonds. The molecule has 0 aromatic heterocycles. The Bertz CT molecular complexity index is 946. The number of ether oxygens (including phenoxy) is 1. The van der Waals surface area contributed by atoms with Gasteiger partial charge in [0.15, 0.2) is 6.10 Å². The molecule has 2 aromatic rings. The number of rotatable bonds is 5. The molecule has 0 bridgehead atoms. The maximum absolute atomic E-state index is 12.7. The molecule has 0 saturated carbocycles. The number of benzene rings is 2. The molecule has 1 N–H and O–H groups in total. The molecule has 0 saturated heterocycles. The number of esters is 1. The highest BCUT2D eigenvalue weighted by Gasteiger charge is 2.30. The van der Waals surface area contributed by atoms with Crippen molar-refractivity contribution in [2.24, 2.45) is 0 Å². The molecular formula is C20H15F3N2O3. The predicted octanol–water partition coefficient (Wildman–Crippen LogP) is 4.16. The third-order valence-corrected chi connectivity index (χ3v) is 3.55. The molecule has 8 heteroatoms. The number of nitrogens with zero attached hydrogens (tertiary/aromatic N) is 1. The lowest BCUT2D eigenvalue weighted by atomic mass is 10.1. The van der Waals surface area contributed by atoms with E-state index in [1.165, 1.54) is 31.2 Å². The summed E-state index contributed by atoms with van der Waals surface area (Å²) in [6.45, 7) is 1.35. The van der Waals surface area contributed by atoms with E-state index in [0.29, 0.717) is 11.3 Å². The van der Waals surface area contributed by atoms with E-state index in [9.17, 15) is 22.8 Å². The van der Waals surface area contributed by atoms with Gasteiger partial charge in [0.1, 0.15) is 0 Å². The van der Waals surface area contributed by atoms with Gasteiger partial charge in [-0.1, -0.05) is 18.2 Å². The Morgan fingerprint density at radius 3 is 2.57 bits per heavy atom. The zero-order valence-electron chi connectivity index (χ0n) is 14.7. The van der Waals surface area contributed by atoms with Gasteiger partial charge in [0.05, 0.1) is 17.2 Å². The average Bonchev–Trinajstić information content (AvgIpc) is 2.66. The first-order valence-corrected chi connectivity index (χ1v) is 8.06. The lowest BCUT2D eigenvalue weighted by molar-refractivity contribution is -0.148. The minimum absolute atomic E-state index is 0.164. The molecule has 0 unspecified atom stereocenters. The highest BCUT2D eigenvalue weighted by molar-refractivity contribution is 5.96. The molecule has 0 fully saturated rings. The van der Waals surface area contributed by atoms with Gasteiger partial charge in [-0.15, -0.1) is 0 Å². The fourth-order valence-corrected chi connectivity index (χ4v) is 2.16. The molecular weight excluding hydrogens is 373 g/mol. The number of carbonyl (C=O) groups excluding carboxylic acids is 2. The zero-order chi connectivity index (χ0) is 20.7. The van der Waals surface area contributed by atoms with E-state index in [1.807, 2.05) is 6.07 Å². The Morgan fingerprint density at radius 2 is 1.89 bits per heavy atom. The molecule has 0 heterocycles. The summed E-state index contributed by atoms with van der Waals surface area (Å²) in [5.41, 5.74) is 0.0467. The molecule has 0 radical (unpaired) electrons. The molecule has 1 atom stereocenters. The van der Waals surface area contributed by atoms with E-state index in [1.54, 1.807) is 18.2 Å². The lowest BCUT2D eigenvalue weighted by Gasteiger charge is -2.12. The van der Waals surface area contributed by atoms with Crippen molar-refractivity contribution in [2.45, 2.75) is 19.2 Å². The molecule has 0 aliphatic rings. The van der Waals surface area contributed by atoms with Crippen molar-refractivity contribution in [1.29, 1.82) is 5.26 Å². The van der Waals surface area contributed by atoms with E-state index in [2.05, 4.69) is 5.32 Å². The second-order valence-electron chi connectivity index (χ2n) is 5.72. The Hall–Kier alpha value is -3.60.